The Morgan fingerprint density at radius 2 is 1.33 bits per heavy atom. The van der Waals surface area contributed by atoms with Crippen molar-refractivity contribution in [2.24, 2.45) is 0 Å². The first-order valence-electron chi connectivity index (χ1n) is 13.1. The van der Waals surface area contributed by atoms with Crippen LogP contribution in [0.1, 0.15) is 22.4 Å². The Hall–Kier alpha value is -4.19. The maximum atomic E-state index is 13.0. The topological polar surface area (TPSA) is 41.4 Å². The minimum absolute atomic E-state index is 0.0650. The van der Waals surface area contributed by atoms with Gasteiger partial charge in [-0.15, -0.1) is 0 Å². The molecule has 0 atom stereocenters. The molecule has 0 bridgehead atoms. The average Bonchev–Trinajstić information content (AvgIpc) is 3.44. The number of rotatable bonds is 7. The zero-order valence-electron chi connectivity index (χ0n) is 21.5. The fourth-order valence-corrected chi connectivity index (χ4v) is 5.80. The van der Waals surface area contributed by atoms with Crippen LogP contribution in [0.5, 0.6) is 0 Å². The number of carbonyl (C=O) groups is 1. The normalized spacial score (nSPS) is 14.5. The maximum Gasteiger partial charge on any atom is 0.241 e. The van der Waals surface area contributed by atoms with Gasteiger partial charge < -0.3 is 9.47 Å². The Bertz CT molecular complexity index is 1460. The number of anilines is 1. The fraction of sp³-hybridized carbons (Fsp3) is 0.152. The van der Waals surface area contributed by atoms with Crippen molar-refractivity contribution in [3.05, 3.63) is 155 Å². The quantitative estimate of drug-likeness (QED) is 0.233. The molecule has 1 saturated heterocycles. The van der Waals surface area contributed by atoms with E-state index in [0.29, 0.717) is 24.7 Å². The molecule has 194 valence electrons. The molecule has 6 rings (SSSR count). The minimum Gasteiger partial charge on any atom is -0.319 e. The van der Waals surface area contributed by atoms with E-state index in [1.807, 2.05) is 53.7 Å². The van der Waals surface area contributed by atoms with Crippen LogP contribution in [0.2, 0.25) is 5.02 Å². The first kappa shape index (κ1) is 25.1. The van der Waals surface area contributed by atoms with Crippen molar-refractivity contribution in [3.8, 4) is 0 Å². The van der Waals surface area contributed by atoms with Crippen molar-refractivity contribution >= 4 is 23.2 Å². The molecule has 5 aromatic rings. The van der Waals surface area contributed by atoms with Gasteiger partial charge in [0.05, 0.1) is 18.6 Å². The standard InChI is InChI=1S/C33H29ClN4O/c34-29-17-10-18-31(21-29)38-20-19-36(24-32(38)39)22-30-23-37(25-35-30)33(26-11-4-1-5-12-26,27-13-6-2-7-14-27)28-15-8-3-9-16-28/h1-18,21,23,25H,19-20,22,24H2. The van der Waals surface area contributed by atoms with E-state index in [-0.39, 0.29) is 5.91 Å². The second kappa shape index (κ2) is 10.9. The lowest BCUT2D eigenvalue weighted by Gasteiger charge is -2.37. The lowest BCUT2D eigenvalue weighted by Crippen LogP contribution is -2.50. The Kier molecular flexibility index (Phi) is 7.01. The van der Waals surface area contributed by atoms with Crippen molar-refractivity contribution in [3.63, 3.8) is 0 Å². The molecule has 0 aliphatic carbocycles. The van der Waals surface area contributed by atoms with Crippen LogP contribution in [0.25, 0.3) is 0 Å². The lowest BCUT2D eigenvalue weighted by molar-refractivity contribution is -0.121. The summed E-state index contributed by atoms with van der Waals surface area (Å²) in [6.45, 7) is 2.30. The van der Waals surface area contributed by atoms with Gasteiger partial charge >= 0.3 is 0 Å². The molecule has 1 aliphatic heterocycles. The summed E-state index contributed by atoms with van der Waals surface area (Å²) in [5.41, 5.74) is 4.61. The molecule has 1 amide bonds. The van der Waals surface area contributed by atoms with Crippen LogP contribution >= 0.6 is 11.6 Å². The summed E-state index contributed by atoms with van der Waals surface area (Å²) >= 11 is 6.16. The number of nitrogens with zero attached hydrogens (tertiary/aromatic N) is 4. The molecule has 0 radical (unpaired) electrons. The van der Waals surface area contributed by atoms with Gasteiger partial charge in [0.2, 0.25) is 5.91 Å². The van der Waals surface area contributed by atoms with E-state index in [9.17, 15) is 4.79 Å². The van der Waals surface area contributed by atoms with Crippen LogP contribution in [0.15, 0.2) is 128 Å². The molecule has 4 aromatic carbocycles. The zero-order chi connectivity index (χ0) is 26.7. The second-order valence-electron chi connectivity index (χ2n) is 9.82. The van der Waals surface area contributed by atoms with Crippen molar-refractivity contribution in [2.75, 3.05) is 24.5 Å². The molecule has 0 N–H and O–H groups in total. The van der Waals surface area contributed by atoms with Gasteiger partial charge in [0.25, 0.3) is 0 Å². The first-order valence-corrected chi connectivity index (χ1v) is 13.5. The van der Waals surface area contributed by atoms with Gasteiger partial charge in [0.1, 0.15) is 5.54 Å². The summed E-state index contributed by atoms with van der Waals surface area (Å²) in [6, 6.07) is 39.1. The third kappa shape index (κ3) is 4.87. The minimum atomic E-state index is -0.601. The van der Waals surface area contributed by atoms with E-state index >= 15 is 0 Å². The molecule has 1 aliphatic rings. The van der Waals surface area contributed by atoms with E-state index in [2.05, 4.69) is 88.5 Å². The molecular formula is C33H29ClN4O. The molecule has 0 unspecified atom stereocenters. The highest BCUT2D eigenvalue weighted by Crippen LogP contribution is 2.40. The van der Waals surface area contributed by atoms with E-state index < -0.39 is 5.54 Å². The summed E-state index contributed by atoms with van der Waals surface area (Å²) in [4.78, 5) is 21.9. The summed E-state index contributed by atoms with van der Waals surface area (Å²) in [5, 5.41) is 0.631. The number of hydrogen-bond acceptors (Lipinski definition) is 3. The largest absolute Gasteiger partial charge is 0.319 e. The van der Waals surface area contributed by atoms with Crippen molar-refractivity contribution in [1.82, 2.24) is 14.5 Å². The third-order valence-corrected chi connectivity index (χ3v) is 7.64. The van der Waals surface area contributed by atoms with Crippen molar-refractivity contribution < 1.29 is 4.79 Å². The molecule has 6 heteroatoms. The van der Waals surface area contributed by atoms with E-state index in [1.165, 1.54) is 0 Å². The van der Waals surface area contributed by atoms with Crippen LogP contribution in [0.4, 0.5) is 5.69 Å². The molecule has 2 heterocycles. The Morgan fingerprint density at radius 3 is 1.87 bits per heavy atom. The Morgan fingerprint density at radius 1 is 0.744 bits per heavy atom. The molecule has 0 saturated carbocycles. The highest BCUT2D eigenvalue weighted by Gasteiger charge is 2.38. The molecule has 1 fully saturated rings. The van der Waals surface area contributed by atoms with Gasteiger partial charge in [-0.05, 0) is 34.9 Å². The SMILES string of the molecule is O=C1CN(Cc2cn(C(c3ccccc3)(c3ccccc3)c3ccccc3)cn2)CCN1c1cccc(Cl)c1. The smallest absolute Gasteiger partial charge is 0.241 e. The van der Waals surface area contributed by atoms with Gasteiger partial charge in [-0.2, -0.15) is 0 Å². The predicted molar refractivity (Wildman–Crippen MR) is 156 cm³/mol. The highest BCUT2D eigenvalue weighted by atomic mass is 35.5. The van der Waals surface area contributed by atoms with Crippen LogP contribution in [0.3, 0.4) is 0 Å². The number of piperazine rings is 1. The number of hydrogen-bond donors (Lipinski definition) is 0. The summed E-state index contributed by atoms with van der Waals surface area (Å²) in [5.74, 6) is 0.0650. The molecule has 0 spiro atoms. The summed E-state index contributed by atoms with van der Waals surface area (Å²) in [6.07, 6.45) is 4.05. The fourth-order valence-electron chi connectivity index (χ4n) is 5.62. The number of amides is 1. The Labute approximate surface area is 233 Å². The zero-order valence-corrected chi connectivity index (χ0v) is 22.3. The highest BCUT2D eigenvalue weighted by molar-refractivity contribution is 6.30. The number of aromatic nitrogens is 2. The van der Waals surface area contributed by atoms with Crippen molar-refractivity contribution in [1.29, 1.82) is 0 Å². The van der Waals surface area contributed by atoms with Crippen LogP contribution in [-0.4, -0.2) is 40.0 Å². The molecule has 39 heavy (non-hydrogen) atoms. The van der Waals surface area contributed by atoms with Gasteiger partial charge in [-0.3, -0.25) is 9.69 Å². The van der Waals surface area contributed by atoms with Crippen LogP contribution < -0.4 is 4.90 Å². The van der Waals surface area contributed by atoms with Crippen LogP contribution in [0, 0.1) is 0 Å². The van der Waals surface area contributed by atoms with Gasteiger partial charge in [0, 0.05) is 36.5 Å². The average molecular weight is 533 g/mol. The van der Waals surface area contributed by atoms with E-state index in [1.54, 1.807) is 0 Å². The van der Waals surface area contributed by atoms with Gasteiger partial charge in [0.15, 0.2) is 0 Å². The molecular weight excluding hydrogens is 504 g/mol. The van der Waals surface area contributed by atoms with Gasteiger partial charge in [-0.1, -0.05) is 109 Å². The number of benzene rings is 4. The summed E-state index contributed by atoms with van der Waals surface area (Å²) < 4.78 is 2.21. The number of halogens is 1. The lowest BCUT2D eigenvalue weighted by atomic mass is 9.77. The summed E-state index contributed by atoms with van der Waals surface area (Å²) in [7, 11) is 0. The molecule has 5 nitrogen and oxygen atoms in total. The maximum absolute atomic E-state index is 13.0. The predicted octanol–water partition coefficient (Wildman–Crippen LogP) is 6.23. The first-order chi connectivity index (χ1) is 19.1. The van der Waals surface area contributed by atoms with E-state index in [0.717, 1.165) is 34.6 Å². The van der Waals surface area contributed by atoms with E-state index in [4.69, 9.17) is 16.6 Å². The Balaban J connectivity index is 1.33. The number of imidazole rings is 1. The monoisotopic (exact) mass is 532 g/mol. The second-order valence-corrected chi connectivity index (χ2v) is 10.3. The number of carbonyl (C=O) groups excluding carboxylic acids is 1. The van der Waals surface area contributed by atoms with Crippen LogP contribution in [-0.2, 0) is 16.9 Å². The molecule has 1 aromatic heterocycles. The third-order valence-electron chi connectivity index (χ3n) is 7.40. The van der Waals surface area contributed by atoms with Gasteiger partial charge in [-0.25, -0.2) is 4.98 Å². The van der Waals surface area contributed by atoms with Crippen molar-refractivity contribution in [2.45, 2.75) is 12.1 Å².